The number of fused-ring (bicyclic) bond motifs is 1. The van der Waals surface area contributed by atoms with E-state index in [-0.39, 0.29) is 30.1 Å². The summed E-state index contributed by atoms with van der Waals surface area (Å²) in [6.07, 6.45) is 3.69. The predicted molar refractivity (Wildman–Crippen MR) is 56.9 cm³/mol. The summed E-state index contributed by atoms with van der Waals surface area (Å²) in [5.41, 5.74) is -0.715. The average molecular weight is 237 g/mol. The van der Waals surface area contributed by atoms with Crippen LogP contribution in [0.2, 0.25) is 0 Å². The summed E-state index contributed by atoms with van der Waals surface area (Å²) < 4.78 is 0. The van der Waals surface area contributed by atoms with Crippen molar-refractivity contribution in [2.75, 3.05) is 0 Å². The Labute approximate surface area is 98.8 Å². The van der Waals surface area contributed by atoms with E-state index in [9.17, 15) is 14.4 Å². The second kappa shape index (κ2) is 3.31. The minimum Gasteiger partial charge on any atom is -0.481 e. The summed E-state index contributed by atoms with van der Waals surface area (Å²) in [6.45, 7) is 0. The first-order valence-corrected chi connectivity index (χ1v) is 6.15. The van der Waals surface area contributed by atoms with Gasteiger partial charge in [-0.25, -0.2) is 0 Å². The van der Waals surface area contributed by atoms with Crippen molar-refractivity contribution in [3.05, 3.63) is 0 Å². The second-order valence-electron chi connectivity index (χ2n) is 5.46. The fourth-order valence-corrected chi connectivity index (χ4v) is 3.44. The fraction of sp³-hybridized carbons (Fsp3) is 0.750. The number of likely N-dealkylation sites (tertiary alicyclic amines) is 1. The van der Waals surface area contributed by atoms with Crippen LogP contribution in [-0.2, 0) is 14.4 Å². The molecule has 0 bridgehead atoms. The van der Waals surface area contributed by atoms with Crippen molar-refractivity contribution in [3.63, 3.8) is 0 Å². The van der Waals surface area contributed by atoms with Gasteiger partial charge in [-0.15, -0.1) is 0 Å². The standard InChI is InChI=1S/C12H15NO4/c14-9(15)6-12(3-1-2-4-12)13-10(16)7-5-8(7)11(13)17/h7-8H,1-6H2,(H,14,15). The molecule has 1 aliphatic heterocycles. The van der Waals surface area contributed by atoms with Gasteiger partial charge >= 0.3 is 5.97 Å². The topological polar surface area (TPSA) is 74.7 Å². The average Bonchev–Trinajstić information content (AvgIpc) is 2.86. The van der Waals surface area contributed by atoms with E-state index in [1.54, 1.807) is 0 Å². The molecule has 5 nitrogen and oxygen atoms in total. The smallest absolute Gasteiger partial charge is 0.305 e. The number of aliphatic carboxylic acids is 1. The quantitative estimate of drug-likeness (QED) is 0.736. The summed E-state index contributed by atoms with van der Waals surface area (Å²) in [5, 5.41) is 9.00. The molecule has 0 spiro atoms. The molecule has 0 aromatic heterocycles. The Morgan fingerprint density at radius 2 is 1.76 bits per heavy atom. The molecule has 0 aromatic rings. The number of rotatable bonds is 3. The van der Waals surface area contributed by atoms with Crippen LogP contribution < -0.4 is 0 Å². The number of nitrogens with zero attached hydrogens (tertiary/aromatic N) is 1. The van der Waals surface area contributed by atoms with E-state index in [2.05, 4.69) is 0 Å². The summed E-state index contributed by atoms with van der Waals surface area (Å²) >= 11 is 0. The molecule has 2 aliphatic carbocycles. The highest BCUT2D eigenvalue weighted by Crippen LogP contribution is 2.52. The van der Waals surface area contributed by atoms with Gasteiger partial charge in [-0.3, -0.25) is 19.3 Å². The molecule has 92 valence electrons. The number of carbonyl (C=O) groups excluding carboxylic acids is 2. The van der Waals surface area contributed by atoms with E-state index in [1.807, 2.05) is 0 Å². The number of hydrogen-bond acceptors (Lipinski definition) is 3. The largest absolute Gasteiger partial charge is 0.481 e. The van der Waals surface area contributed by atoms with Crippen LogP contribution in [0, 0.1) is 11.8 Å². The lowest BCUT2D eigenvalue weighted by molar-refractivity contribution is -0.152. The Morgan fingerprint density at radius 1 is 1.24 bits per heavy atom. The van der Waals surface area contributed by atoms with Gasteiger partial charge in [-0.05, 0) is 19.3 Å². The molecule has 5 heteroatoms. The van der Waals surface area contributed by atoms with Crippen LogP contribution in [0.25, 0.3) is 0 Å². The fourth-order valence-electron chi connectivity index (χ4n) is 3.44. The number of imide groups is 1. The summed E-state index contributed by atoms with van der Waals surface area (Å²) in [5.74, 6) is -1.43. The van der Waals surface area contributed by atoms with Crippen molar-refractivity contribution in [2.45, 2.75) is 44.1 Å². The third kappa shape index (κ3) is 1.41. The molecule has 2 saturated carbocycles. The van der Waals surface area contributed by atoms with E-state index in [0.717, 1.165) is 12.8 Å². The number of amides is 2. The number of carboxylic acid groups (broad SMARTS) is 1. The zero-order chi connectivity index (χ0) is 12.2. The zero-order valence-electron chi connectivity index (χ0n) is 9.52. The Hall–Kier alpha value is -1.39. The molecule has 2 amide bonds. The highest BCUT2D eigenvalue weighted by atomic mass is 16.4. The highest BCUT2D eigenvalue weighted by molar-refractivity contribution is 6.09. The third-order valence-electron chi connectivity index (χ3n) is 4.35. The Bertz CT molecular complexity index is 391. The van der Waals surface area contributed by atoms with Crippen LogP contribution >= 0.6 is 0 Å². The van der Waals surface area contributed by atoms with Crippen molar-refractivity contribution in [1.29, 1.82) is 0 Å². The van der Waals surface area contributed by atoms with Gasteiger partial charge < -0.3 is 5.11 Å². The van der Waals surface area contributed by atoms with Crippen molar-refractivity contribution in [1.82, 2.24) is 4.90 Å². The van der Waals surface area contributed by atoms with E-state index in [4.69, 9.17) is 5.11 Å². The van der Waals surface area contributed by atoms with E-state index < -0.39 is 11.5 Å². The minimum atomic E-state index is -0.923. The van der Waals surface area contributed by atoms with Gasteiger partial charge in [0.05, 0.1) is 23.8 Å². The predicted octanol–water partition coefficient (Wildman–Crippen LogP) is 0.779. The summed E-state index contributed by atoms with van der Waals surface area (Å²) in [6, 6.07) is 0. The number of hydrogen-bond donors (Lipinski definition) is 1. The molecule has 2 atom stereocenters. The van der Waals surface area contributed by atoms with Crippen LogP contribution in [-0.4, -0.2) is 33.3 Å². The Kier molecular flexibility index (Phi) is 2.09. The molecular formula is C12H15NO4. The van der Waals surface area contributed by atoms with E-state index >= 15 is 0 Å². The lowest BCUT2D eigenvalue weighted by atomic mass is 9.90. The van der Waals surface area contributed by atoms with E-state index in [1.165, 1.54) is 4.90 Å². The van der Waals surface area contributed by atoms with E-state index in [0.29, 0.717) is 19.3 Å². The summed E-state index contributed by atoms with van der Waals surface area (Å²) in [7, 11) is 0. The second-order valence-corrected chi connectivity index (χ2v) is 5.46. The van der Waals surface area contributed by atoms with Gasteiger partial charge in [0.15, 0.2) is 0 Å². The first kappa shape index (κ1) is 10.7. The number of carboxylic acids is 1. The van der Waals surface area contributed by atoms with Crippen LogP contribution in [0.3, 0.4) is 0 Å². The Balaban J connectivity index is 1.91. The molecule has 0 aromatic carbocycles. The SMILES string of the molecule is O=C(O)CC1(N2C(=O)C3CC3C2=O)CCCC1. The van der Waals surface area contributed by atoms with Crippen molar-refractivity contribution in [2.24, 2.45) is 11.8 Å². The van der Waals surface area contributed by atoms with Crippen LogP contribution in [0.15, 0.2) is 0 Å². The van der Waals surface area contributed by atoms with Crippen molar-refractivity contribution in [3.8, 4) is 0 Å². The molecule has 0 radical (unpaired) electrons. The third-order valence-corrected chi connectivity index (χ3v) is 4.35. The minimum absolute atomic E-state index is 0.0933. The van der Waals surface area contributed by atoms with Crippen LogP contribution in [0.1, 0.15) is 38.5 Å². The molecule has 1 heterocycles. The van der Waals surface area contributed by atoms with Gasteiger partial charge in [0.25, 0.3) is 0 Å². The van der Waals surface area contributed by atoms with Crippen molar-refractivity contribution < 1.29 is 19.5 Å². The van der Waals surface area contributed by atoms with Gasteiger partial charge in [-0.2, -0.15) is 0 Å². The van der Waals surface area contributed by atoms with Crippen LogP contribution in [0.4, 0.5) is 0 Å². The monoisotopic (exact) mass is 237 g/mol. The molecule has 3 rings (SSSR count). The number of piperidine rings is 1. The Morgan fingerprint density at radius 3 is 2.24 bits per heavy atom. The molecule has 3 fully saturated rings. The van der Waals surface area contributed by atoms with Gasteiger partial charge in [0, 0.05) is 0 Å². The van der Waals surface area contributed by atoms with Gasteiger partial charge in [0.1, 0.15) is 0 Å². The van der Waals surface area contributed by atoms with Crippen LogP contribution in [0.5, 0.6) is 0 Å². The molecule has 2 unspecified atom stereocenters. The van der Waals surface area contributed by atoms with Crippen molar-refractivity contribution >= 4 is 17.8 Å². The maximum absolute atomic E-state index is 12.0. The molecule has 3 aliphatic rings. The highest BCUT2D eigenvalue weighted by Gasteiger charge is 2.63. The van der Waals surface area contributed by atoms with Gasteiger partial charge in [-0.1, -0.05) is 12.8 Å². The maximum atomic E-state index is 12.0. The number of carbonyl (C=O) groups is 3. The molecular weight excluding hydrogens is 222 g/mol. The first-order chi connectivity index (χ1) is 8.05. The lowest BCUT2D eigenvalue weighted by Gasteiger charge is -2.37. The molecule has 1 N–H and O–H groups in total. The zero-order valence-corrected chi connectivity index (χ0v) is 9.52. The summed E-state index contributed by atoms with van der Waals surface area (Å²) in [4.78, 5) is 36.4. The van der Waals surface area contributed by atoms with Gasteiger partial charge in [0.2, 0.25) is 11.8 Å². The molecule has 1 saturated heterocycles. The first-order valence-electron chi connectivity index (χ1n) is 6.15. The normalized spacial score (nSPS) is 34.0. The maximum Gasteiger partial charge on any atom is 0.305 e. The lowest BCUT2D eigenvalue weighted by Crippen LogP contribution is -2.52. The molecule has 17 heavy (non-hydrogen) atoms.